The number of aliphatic carboxylic acids is 1. The summed E-state index contributed by atoms with van der Waals surface area (Å²) in [5.41, 5.74) is -0.251. The Morgan fingerprint density at radius 1 is 1.03 bits per heavy atom. The first-order chi connectivity index (χ1) is 18.0. The molecule has 6 fully saturated rings. The van der Waals surface area contributed by atoms with E-state index < -0.39 is 17.7 Å². The fraction of sp³-hybridized carbons (Fsp3) is 0.903. The van der Waals surface area contributed by atoms with Crippen molar-refractivity contribution in [1.82, 2.24) is 0 Å². The third-order valence-corrected chi connectivity index (χ3v) is 12.6. The van der Waals surface area contributed by atoms with Crippen LogP contribution in [0.15, 0.2) is 0 Å². The number of rotatable bonds is 4. The molecule has 6 aliphatic rings. The molecule has 6 rings (SSSR count). The van der Waals surface area contributed by atoms with E-state index in [9.17, 15) is 14.4 Å². The Balaban J connectivity index is 1.17. The van der Waals surface area contributed by atoms with Crippen LogP contribution in [0.3, 0.4) is 0 Å². The maximum Gasteiger partial charge on any atom is 0.306 e. The minimum atomic E-state index is -0.975. The number of Topliss-reactive ketones (excluding diaryl/α,β-unsaturated/α-hetero) is 1. The first kappa shape index (κ1) is 26.7. The largest absolute Gasteiger partial charge is 0.481 e. The number of fused-ring (bicyclic) bond motifs is 7. The van der Waals surface area contributed by atoms with E-state index in [-0.39, 0.29) is 47.7 Å². The molecule has 0 aromatic heterocycles. The minimum absolute atomic E-state index is 0.0680. The second kappa shape index (κ2) is 9.29. The van der Waals surface area contributed by atoms with Crippen LogP contribution in [-0.4, -0.2) is 47.4 Å². The predicted molar refractivity (Wildman–Crippen MR) is 139 cm³/mol. The second-order valence-electron chi connectivity index (χ2n) is 14.3. The van der Waals surface area contributed by atoms with Gasteiger partial charge in [0, 0.05) is 30.1 Å². The normalized spacial score (nSPS) is 51.6. The Kier molecular flexibility index (Phi) is 6.54. The molecule has 0 bridgehead atoms. The van der Waals surface area contributed by atoms with E-state index in [0.29, 0.717) is 41.8 Å². The highest BCUT2D eigenvalue weighted by Crippen LogP contribution is 2.70. The fourth-order valence-corrected chi connectivity index (χ4v) is 10.5. The lowest BCUT2D eigenvalue weighted by molar-refractivity contribution is -0.272. The first-order valence-corrected chi connectivity index (χ1v) is 15.2. The van der Waals surface area contributed by atoms with Crippen LogP contribution in [0, 0.1) is 52.3 Å². The minimum Gasteiger partial charge on any atom is -0.481 e. The van der Waals surface area contributed by atoms with Crippen molar-refractivity contribution >= 4 is 17.7 Å². The highest BCUT2D eigenvalue weighted by Gasteiger charge is 2.71. The Morgan fingerprint density at radius 3 is 2.53 bits per heavy atom. The van der Waals surface area contributed by atoms with Crippen LogP contribution < -0.4 is 0 Å². The van der Waals surface area contributed by atoms with Gasteiger partial charge in [-0.15, -0.1) is 0 Å². The third-order valence-electron chi connectivity index (χ3n) is 12.6. The number of carbonyl (C=O) groups excluding carboxylic acids is 2. The standard InChI is InChI=1S/C31H46O7/c1-17-9-12-31(36-16-17)18(2)28-24(38-31)14-23-21-6-5-19-13-20(37-27(35)8-7-26(33)34)10-11-29(19,3)22(21)15-25(32)30(23,28)4/h17-24,28H,5-16H2,1-4H3,(H,33,34)/t17-,18+,19+,20-,21-,22+,23+,24+,28+,29+,30-,31-/m1/s1. The number of hydrogen-bond acceptors (Lipinski definition) is 6. The van der Waals surface area contributed by atoms with E-state index in [2.05, 4.69) is 27.7 Å². The van der Waals surface area contributed by atoms with Crippen LogP contribution in [0.5, 0.6) is 0 Å². The number of carboxylic acid groups (broad SMARTS) is 1. The van der Waals surface area contributed by atoms with Crippen molar-refractivity contribution in [2.45, 2.75) is 116 Å². The van der Waals surface area contributed by atoms with Crippen LogP contribution >= 0.6 is 0 Å². The molecule has 4 aliphatic carbocycles. The summed E-state index contributed by atoms with van der Waals surface area (Å²) in [5, 5.41) is 8.86. The monoisotopic (exact) mass is 530 g/mol. The van der Waals surface area contributed by atoms with E-state index in [0.717, 1.165) is 58.0 Å². The highest BCUT2D eigenvalue weighted by atomic mass is 16.7. The van der Waals surface area contributed by atoms with Crippen LogP contribution in [0.1, 0.15) is 98.3 Å². The second-order valence-corrected chi connectivity index (χ2v) is 14.3. The summed E-state index contributed by atoms with van der Waals surface area (Å²) in [6, 6.07) is 0. The maximum atomic E-state index is 14.2. The molecule has 2 saturated heterocycles. The molecule has 38 heavy (non-hydrogen) atoms. The lowest BCUT2D eigenvalue weighted by Crippen LogP contribution is -2.58. The number of carboxylic acids is 1. The molecule has 7 heteroatoms. The van der Waals surface area contributed by atoms with Gasteiger partial charge in [-0.2, -0.15) is 0 Å². The molecule has 7 nitrogen and oxygen atoms in total. The van der Waals surface area contributed by atoms with Crippen molar-refractivity contribution in [3.63, 3.8) is 0 Å². The summed E-state index contributed by atoms with van der Waals surface area (Å²) < 4.78 is 18.9. The third kappa shape index (κ3) is 3.92. The Morgan fingerprint density at radius 2 is 1.82 bits per heavy atom. The van der Waals surface area contributed by atoms with Crippen LogP contribution in [0.25, 0.3) is 0 Å². The smallest absolute Gasteiger partial charge is 0.306 e. The number of ether oxygens (including phenoxy) is 3. The van der Waals surface area contributed by atoms with E-state index in [4.69, 9.17) is 19.3 Å². The van der Waals surface area contributed by atoms with Gasteiger partial charge < -0.3 is 19.3 Å². The van der Waals surface area contributed by atoms with E-state index in [1.54, 1.807) is 0 Å². The molecule has 0 radical (unpaired) electrons. The lowest BCUT2D eigenvalue weighted by atomic mass is 9.44. The molecule has 1 N–H and O–H groups in total. The highest BCUT2D eigenvalue weighted by molar-refractivity contribution is 5.87. The van der Waals surface area contributed by atoms with Crippen molar-refractivity contribution in [2.24, 2.45) is 52.3 Å². The zero-order chi connectivity index (χ0) is 27.0. The van der Waals surface area contributed by atoms with Gasteiger partial charge in [0.2, 0.25) is 0 Å². The number of esters is 1. The molecule has 0 unspecified atom stereocenters. The Hall–Kier alpha value is -1.47. The van der Waals surface area contributed by atoms with Gasteiger partial charge in [0.05, 0.1) is 25.6 Å². The molecule has 0 aromatic carbocycles. The molecule has 4 saturated carbocycles. The summed E-state index contributed by atoms with van der Waals surface area (Å²) in [5.74, 6) is 1.32. The van der Waals surface area contributed by atoms with E-state index >= 15 is 0 Å². The first-order valence-electron chi connectivity index (χ1n) is 15.2. The van der Waals surface area contributed by atoms with Gasteiger partial charge in [-0.3, -0.25) is 14.4 Å². The number of hydrogen-bond donors (Lipinski definition) is 1. The zero-order valence-electron chi connectivity index (χ0n) is 23.6. The van der Waals surface area contributed by atoms with Crippen molar-refractivity contribution in [2.75, 3.05) is 6.61 Å². The summed E-state index contributed by atoms with van der Waals surface area (Å²) in [7, 11) is 0. The van der Waals surface area contributed by atoms with Gasteiger partial charge in [0.25, 0.3) is 0 Å². The molecule has 212 valence electrons. The molecule has 0 amide bonds. The lowest BCUT2D eigenvalue weighted by Gasteiger charge is -2.60. The quantitative estimate of drug-likeness (QED) is 0.487. The number of carbonyl (C=O) groups is 3. The maximum absolute atomic E-state index is 14.2. The summed E-state index contributed by atoms with van der Waals surface area (Å²) in [6.45, 7) is 9.94. The predicted octanol–water partition coefficient (Wildman–Crippen LogP) is 5.39. The van der Waals surface area contributed by atoms with Gasteiger partial charge in [0.1, 0.15) is 11.9 Å². The molecule has 1 spiro atoms. The van der Waals surface area contributed by atoms with Gasteiger partial charge in [0.15, 0.2) is 5.79 Å². The van der Waals surface area contributed by atoms with Gasteiger partial charge in [-0.25, -0.2) is 0 Å². The van der Waals surface area contributed by atoms with Crippen LogP contribution in [-0.2, 0) is 28.6 Å². The fourth-order valence-electron chi connectivity index (χ4n) is 10.5. The van der Waals surface area contributed by atoms with Crippen molar-refractivity contribution in [3.8, 4) is 0 Å². The summed E-state index contributed by atoms with van der Waals surface area (Å²) >= 11 is 0. The van der Waals surface area contributed by atoms with Crippen molar-refractivity contribution < 1.29 is 33.7 Å². The SMILES string of the molecule is C[C@@H]1CC[C@@]2(OC1)O[C@H]1C[C@H]3[C@@H]4CC[C@H]5C[C@H](OC(=O)CCC(=O)O)CC[C@]5(C)[C@H]4CC(=O)[C@]3(C)[C@H]1[C@@H]2C. The van der Waals surface area contributed by atoms with Crippen LogP contribution in [0.2, 0.25) is 0 Å². The molecule has 0 aromatic rings. The Labute approximate surface area is 226 Å². The average molecular weight is 531 g/mol. The molecular formula is C31H46O7. The molecule has 2 aliphatic heterocycles. The average Bonchev–Trinajstić information content (AvgIpc) is 3.32. The van der Waals surface area contributed by atoms with E-state index in [1.165, 1.54) is 0 Å². The van der Waals surface area contributed by atoms with Gasteiger partial charge in [-0.05, 0) is 80.0 Å². The van der Waals surface area contributed by atoms with Crippen molar-refractivity contribution in [1.29, 1.82) is 0 Å². The Bertz CT molecular complexity index is 985. The summed E-state index contributed by atoms with van der Waals surface area (Å²) in [4.78, 5) is 37.2. The molecule has 2 heterocycles. The van der Waals surface area contributed by atoms with Crippen LogP contribution in [0.4, 0.5) is 0 Å². The number of ketones is 1. The summed E-state index contributed by atoms with van der Waals surface area (Å²) in [6.07, 6.45) is 8.25. The van der Waals surface area contributed by atoms with E-state index in [1.807, 2.05) is 0 Å². The van der Waals surface area contributed by atoms with Crippen molar-refractivity contribution in [3.05, 3.63) is 0 Å². The van der Waals surface area contributed by atoms with Gasteiger partial charge >= 0.3 is 11.9 Å². The zero-order valence-corrected chi connectivity index (χ0v) is 23.6. The molecule has 12 atom stereocenters. The molecular weight excluding hydrogens is 484 g/mol. The van der Waals surface area contributed by atoms with Gasteiger partial charge in [-0.1, -0.05) is 27.7 Å². The topological polar surface area (TPSA) is 99.1 Å².